The lowest BCUT2D eigenvalue weighted by Crippen LogP contribution is -2.34. The number of nitrogens with two attached hydrogens (primary N) is 3. The van der Waals surface area contributed by atoms with Crippen molar-refractivity contribution in [3.63, 3.8) is 0 Å². The van der Waals surface area contributed by atoms with Crippen LogP contribution in [0.25, 0.3) is 10.9 Å². The number of carboxylic acids is 2. The quantitative estimate of drug-likeness (QED) is 0.406. The molecule has 1 amide bonds. The van der Waals surface area contributed by atoms with Gasteiger partial charge in [0.1, 0.15) is 12.1 Å². The number of aromatic nitrogens is 1. The Kier molecular flexibility index (Phi) is 6.90. The number of fused-ring (bicyclic) bond motifs is 1. The summed E-state index contributed by atoms with van der Waals surface area (Å²) in [5, 5.41) is 17.9. The number of amides is 1. The van der Waals surface area contributed by atoms with E-state index in [1.807, 2.05) is 30.5 Å². The molecule has 2 aromatic rings. The summed E-state index contributed by atoms with van der Waals surface area (Å²) in [7, 11) is 0. The summed E-state index contributed by atoms with van der Waals surface area (Å²) >= 11 is 0. The molecule has 0 radical (unpaired) electrons. The predicted octanol–water partition coefficient (Wildman–Crippen LogP) is -0.604. The smallest absolute Gasteiger partial charge is 0.321 e. The first-order valence-corrected chi connectivity index (χ1v) is 7.02. The minimum absolute atomic E-state index is 0.310. The fraction of sp³-hybridized carbons (Fsp3) is 0.267. The van der Waals surface area contributed by atoms with Gasteiger partial charge in [-0.15, -0.1) is 0 Å². The minimum Gasteiger partial charge on any atom is -0.480 e. The number of carbonyl (C=O) groups excluding carboxylic acids is 1. The van der Waals surface area contributed by atoms with Crippen molar-refractivity contribution >= 4 is 28.7 Å². The van der Waals surface area contributed by atoms with Crippen molar-refractivity contribution in [2.75, 3.05) is 0 Å². The van der Waals surface area contributed by atoms with Gasteiger partial charge in [-0.25, -0.2) is 0 Å². The normalized spacial score (nSPS) is 12.8. The number of carboxylic acid groups (broad SMARTS) is 2. The molecule has 0 aliphatic rings. The van der Waals surface area contributed by atoms with E-state index in [1.165, 1.54) is 0 Å². The lowest BCUT2D eigenvalue weighted by atomic mass is 10.1. The third-order valence-electron chi connectivity index (χ3n) is 3.17. The SMILES string of the molecule is NC(=O)C[C@H](N)C(=O)O.N[C@@H](Cc1c[nH]c2ccccc12)C(=O)O. The van der Waals surface area contributed by atoms with Crippen molar-refractivity contribution in [3.05, 3.63) is 36.0 Å². The van der Waals surface area contributed by atoms with E-state index in [9.17, 15) is 14.4 Å². The van der Waals surface area contributed by atoms with Crippen LogP contribution in [0, 0.1) is 0 Å². The molecule has 2 atom stereocenters. The number of nitrogens with one attached hydrogen (secondary N) is 1. The van der Waals surface area contributed by atoms with Crippen molar-refractivity contribution in [3.8, 4) is 0 Å². The highest BCUT2D eigenvalue weighted by Gasteiger charge is 2.14. The molecule has 0 spiro atoms. The second kappa shape index (κ2) is 8.65. The van der Waals surface area contributed by atoms with E-state index in [4.69, 9.17) is 21.7 Å². The highest BCUT2D eigenvalue weighted by molar-refractivity contribution is 5.84. The second-order valence-corrected chi connectivity index (χ2v) is 5.12. The Labute approximate surface area is 137 Å². The summed E-state index contributed by atoms with van der Waals surface area (Å²) in [5.41, 5.74) is 17.0. The molecule has 130 valence electrons. The first-order chi connectivity index (χ1) is 11.2. The summed E-state index contributed by atoms with van der Waals surface area (Å²) in [6, 6.07) is 5.75. The van der Waals surface area contributed by atoms with E-state index in [0.29, 0.717) is 6.42 Å². The monoisotopic (exact) mass is 336 g/mol. The van der Waals surface area contributed by atoms with E-state index in [-0.39, 0.29) is 6.42 Å². The van der Waals surface area contributed by atoms with Crippen LogP contribution in [0.4, 0.5) is 0 Å². The number of rotatable bonds is 6. The average molecular weight is 336 g/mol. The van der Waals surface area contributed by atoms with Gasteiger partial charge in [0.2, 0.25) is 5.91 Å². The molecule has 1 aromatic carbocycles. The van der Waals surface area contributed by atoms with Gasteiger partial charge in [0, 0.05) is 23.5 Å². The number of aromatic amines is 1. The van der Waals surface area contributed by atoms with Gasteiger partial charge in [-0.05, 0) is 11.6 Å². The summed E-state index contributed by atoms with van der Waals surface area (Å²) in [6.45, 7) is 0. The van der Waals surface area contributed by atoms with Crippen molar-refractivity contribution < 1.29 is 24.6 Å². The van der Waals surface area contributed by atoms with Gasteiger partial charge in [-0.2, -0.15) is 0 Å². The van der Waals surface area contributed by atoms with Crippen LogP contribution in [-0.4, -0.2) is 45.1 Å². The molecule has 1 heterocycles. The second-order valence-electron chi connectivity index (χ2n) is 5.12. The van der Waals surface area contributed by atoms with Crippen LogP contribution in [0.5, 0.6) is 0 Å². The molecule has 9 heteroatoms. The lowest BCUT2D eigenvalue weighted by Gasteiger charge is -2.04. The predicted molar refractivity (Wildman–Crippen MR) is 87.0 cm³/mol. The standard InChI is InChI=1S/C11H12N2O2.C4H8N2O3/c12-9(11(14)15)5-7-6-13-10-4-2-1-3-8(7)10;5-2(4(8)9)1-3(6)7/h1-4,6,9,13H,5,12H2,(H,14,15);2H,1,5H2,(H2,6,7)(H,8,9)/t9-;2-/m00/s1. The number of primary amides is 1. The van der Waals surface area contributed by atoms with Gasteiger partial charge >= 0.3 is 11.9 Å². The van der Waals surface area contributed by atoms with Gasteiger partial charge < -0.3 is 32.4 Å². The zero-order valence-corrected chi connectivity index (χ0v) is 12.8. The fourth-order valence-electron chi connectivity index (χ4n) is 1.93. The molecule has 0 saturated carbocycles. The Balaban J connectivity index is 0.000000277. The molecular formula is C15H20N4O5. The number of benzene rings is 1. The number of H-pyrrole nitrogens is 1. The molecule has 0 aliphatic heterocycles. The Bertz CT molecular complexity index is 727. The van der Waals surface area contributed by atoms with Crippen molar-refractivity contribution in [2.45, 2.75) is 24.9 Å². The van der Waals surface area contributed by atoms with Crippen LogP contribution in [0.3, 0.4) is 0 Å². The molecule has 0 aliphatic carbocycles. The van der Waals surface area contributed by atoms with Crippen molar-refractivity contribution in [1.82, 2.24) is 4.98 Å². The zero-order chi connectivity index (χ0) is 18.3. The molecule has 0 fully saturated rings. The highest BCUT2D eigenvalue weighted by atomic mass is 16.4. The lowest BCUT2D eigenvalue weighted by molar-refractivity contribution is -0.140. The number of hydrogen-bond donors (Lipinski definition) is 6. The Morgan fingerprint density at radius 1 is 1.04 bits per heavy atom. The first-order valence-electron chi connectivity index (χ1n) is 7.02. The van der Waals surface area contributed by atoms with E-state index in [2.05, 4.69) is 10.7 Å². The van der Waals surface area contributed by atoms with Crippen LogP contribution < -0.4 is 17.2 Å². The summed E-state index contributed by atoms with van der Waals surface area (Å²) < 4.78 is 0. The van der Waals surface area contributed by atoms with Crippen molar-refractivity contribution in [1.29, 1.82) is 0 Å². The van der Waals surface area contributed by atoms with Crippen LogP contribution in [-0.2, 0) is 20.8 Å². The molecular weight excluding hydrogens is 316 g/mol. The molecule has 24 heavy (non-hydrogen) atoms. The van der Waals surface area contributed by atoms with Gasteiger partial charge in [0.15, 0.2) is 0 Å². The molecule has 2 rings (SSSR count). The van der Waals surface area contributed by atoms with Gasteiger partial charge in [-0.3, -0.25) is 14.4 Å². The molecule has 9 nitrogen and oxygen atoms in total. The van der Waals surface area contributed by atoms with E-state index < -0.39 is 29.9 Å². The summed E-state index contributed by atoms with van der Waals surface area (Å²) in [4.78, 5) is 33.6. The van der Waals surface area contributed by atoms with E-state index in [1.54, 1.807) is 0 Å². The Morgan fingerprint density at radius 3 is 2.12 bits per heavy atom. The molecule has 9 N–H and O–H groups in total. The Hall–Kier alpha value is -2.91. The van der Waals surface area contributed by atoms with E-state index >= 15 is 0 Å². The average Bonchev–Trinajstić information content (AvgIpc) is 2.90. The largest absolute Gasteiger partial charge is 0.480 e. The van der Waals surface area contributed by atoms with Crippen LogP contribution in [0.15, 0.2) is 30.5 Å². The maximum absolute atomic E-state index is 10.6. The topological polar surface area (TPSA) is 186 Å². The number of hydrogen-bond acceptors (Lipinski definition) is 5. The van der Waals surface area contributed by atoms with Crippen LogP contribution >= 0.6 is 0 Å². The highest BCUT2D eigenvalue weighted by Crippen LogP contribution is 2.18. The number of para-hydroxylation sites is 1. The minimum atomic E-state index is -1.21. The third-order valence-corrected chi connectivity index (χ3v) is 3.17. The van der Waals surface area contributed by atoms with Crippen LogP contribution in [0.2, 0.25) is 0 Å². The van der Waals surface area contributed by atoms with Crippen molar-refractivity contribution in [2.24, 2.45) is 17.2 Å². The fourth-order valence-corrected chi connectivity index (χ4v) is 1.93. The molecule has 0 bridgehead atoms. The molecule has 0 saturated heterocycles. The third kappa shape index (κ3) is 5.71. The number of carbonyl (C=O) groups is 3. The van der Waals surface area contributed by atoms with Gasteiger partial charge in [0.25, 0.3) is 0 Å². The van der Waals surface area contributed by atoms with E-state index in [0.717, 1.165) is 16.5 Å². The zero-order valence-electron chi connectivity index (χ0n) is 12.8. The summed E-state index contributed by atoms with van der Waals surface area (Å²) in [5.74, 6) is -2.89. The molecule has 1 aromatic heterocycles. The summed E-state index contributed by atoms with van der Waals surface area (Å²) in [6.07, 6.45) is 1.85. The molecule has 0 unspecified atom stereocenters. The van der Waals surface area contributed by atoms with Gasteiger partial charge in [0.05, 0.1) is 6.42 Å². The maximum Gasteiger partial charge on any atom is 0.321 e. The van der Waals surface area contributed by atoms with Crippen LogP contribution in [0.1, 0.15) is 12.0 Å². The van der Waals surface area contributed by atoms with Gasteiger partial charge in [-0.1, -0.05) is 18.2 Å². The number of aliphatic carboxylic acids is 2. The Morgan fingerprint density at radius 2 is 1.62 bits per heavy atom. The first kappa shape index (κ1) is 19.1. The maximum atomic E-state index is 10.6.